The Morgan fingerprint density at radius 3 is 2.58 bits per heavy atom. The molecule has 0 spiro atoms. The molecule has 1 fully saturated rings. The number of nitrogens with zero attached hydrogens (tertiary/aromatic N) is 3. The van der Waals surface area contributed by atoms with Crippen molar-refractivity contribution in [1.82, 2.24) is 9.97 Å². The average molecular weight is 328 g/mol. The summed E-state index contributed by atoms with van der Waals surface area (Å²) in [6.45, 7) is 5.47. The molecule has 1 amide bonds. The first-order chi connectivity index (χ1) is 11.8. The molecule has 0 unspecified atom stereocenters. The van der Waals surface area contributed by atoms with Crippen molar-refractivity contribution >= 4 is 17.4 Å². The Balaban J connectivity index is 1.62. The van der Waals surface area contributed by atoms with Gasteiger partial charge in [-0.3, -0.25) is 4.79 Å². The third-order valence-electron chi connectivity index (χ3n) is 3.63. The van der Waals surface area contributed by atoms with Crippen molar-refractivity contribution < 1.29 is 14.3 Å². The van der Waals surface area contributed by atoms with Gasteiger partial charge in [-0.2, -0.15) is 0 Å². The smallest absolute Gasteiger partial charge is 0.275 e. The highest BCUT2D eigenvalue weighted by Crippen LogP contribution is 2.16. The summed E-state index contributed by atoms with van der Waals surface area (Å²) in [6.07, 6.45) is 3.12. The largest absolute Gasteiger partial charge is 0.494 e. The summed E-state index contributed by atoms with van der Waals surface area (Å²) >= 11 is 0. The van der Waals surface area contributed by atoms with E-state index < -0.39 is 0 Å². The van der Waals surface area contributed by atoms with Gasteiger partial charge in [-0.1, -0.05) is 0 Å². The number of aromatic nitrogens is 2. The molecule has 1 aromatic heterocycles. The number of rotatable bonds is 5. The second-order valence-electron chi connectivity index (χ2n) is 5.27. The molecule has 2 heterocycles. The van der Waals surface area contributed by atoms with Crippen LogP contribution in [0.15, 0.2) is 36.7 Å². The number of amides is 1. The highest BCUT2D eigenvalue weighted by atomic mass is 16.5. The summed E-state index contributed by atoms with van der Waals surface area (Å²) in [4.78, 5) is 22.9. The first-order valence-corrected chi connectivity index (χ1v) is 7.95. The van der Waals surface area contributed by atoms with Crippen molar-refractivity contribution in [2.75, 3.05) is 43.1 Å². The molecular weight excluding hydrogens is 308 g/mol. The van der Waals surface area contributed by atoms with E-state index in [4.69, 9.17) is 9.47 Å². The Hall–Kier alpha value is -2.67. The van der Waals surface area contributed by atoms with Crippen LogP contribution in [0.4, 0.5) is 11.5 Å². The van der Waals surface area contributed by atoms with Crippen LogP contribution in [-0.4, -0.2) is 48.8 Å². The van der Waals surface area contributed by atoms with Gasteiger partial charge in [0, 0.05) is 18.8 Å². The summed E-state index contributed by atoms with van der Waals surface area (Å²) in [6, 6.07) is 7.20. The van der Waals surface area contributed by atoms with Gasteiger partial charge in [0.05, 0.1) is 32.2 Å². The fourth-order valence-corrected chi connectivity index (χ4v) is 2.39. The van der Waals surface area contributed by atoms with Crippen LogP contribution in [0.5, 0.6) is 5.75 Å². The van der Waals surface area contributed by atoms with Gasteiger partial charge in [0.15, 0.2) is 0 Å². The molecule has 24 heavy (non-hydrogen) atoms. The number of ether oxygens (including phenoxy) is 2. The molecule has 0 radical (unpaired) electrons. The van der Waals surface area contributed by atoms with Gasteiger partial charge in [-0.25, -0.2) is 9.97 Å². The van der Waals surface area contributed by atoms with E-state index in [1.165, 1.54) is 6.20 Å². The topological polar surface area (TPSA) is 76.6 Å². The van der Waals surface area contributed by atoms with E-state index >= 15 is 0 Å². The number of morpholine rings is 1. The lowest BCUT2D eigenvalue weighted by molar-refractivity contribution is 0.102. The third-order valence-corrected chi connectivity index (χ3v) is 3.63. The lowest BCUT2D eigenvalue weighted by Crippen LogP contribution is -2.36. The number of carbonyl (C=O) groups is 1. The monoisotopic (exact) mass is 328 g/mol. The molecule has 126 valence electrons. The maximum Gasteiger partial charge on any atom is 0.275 e. The fourth-order valence-electron chi connectivity index (χ4n) is 2.39. The van der Waals surface area contributed by atoms with Crippen molar-refractivity contribution in [3.63, 3.8) is 0 Å². The zero-order valence-electron chi connectivity index (χ0n) is 13.6. The van der Waals surface area contributed by atoms with Crippen molar-refractivity contribution in [2.45, 2.75) is 6.92 Å². The molecule has 0 aliphatic carbocycles. The van der Waals surface area contributed by atoms with Gasteiger partial charge in [0.25, 0.3) is 5.91 Å². The Bertz CT molecular complexity index is 667. The van der Waals surface area contributed by atoms with Crippen LogP contribution >= 0.6 is 0 Å². The Morgan fingerprint density at radius 1 is 1.21 bits per heavy atom. The molecule has 0 saturated carbocycles. The van der Waals surface area contributed by atoms with E-state index in [1.54, 1.807) is 18.3 Å². The number of benzene rings is 1. The van der Waals surface area contributed by atoms with Crippen LogP contribution < -0.4 is 15.0 Å². The SMILES string of the molecule is CCOc1ccc(NC(=O)c2cnc(N3CCOCC3)cn2)cc1. The third kappa shape index (κ3) is 3.99. The number of nitrogens with one attached hydrogen (secondary N) is 1. The molecule has 1 N–H and O–H groups in total. The summed E-state index contributed by atoms with van der Waals surface area (Å²) in [5, 5.41) is 2.80. The molecule has 7 nitrogen and oxygen atoms in total. The minimum absolute atomic E-state index is 0.279. The Labute approximate surface area is 140 Å². The molecule has 0 bridgehead atoms. The van der Waals surface area contributed by atoms with Crippen LogP contribution in [0.2, 0.25) is 0 Å². The molecule has 0 atom stereocenters. The van der Waals surface area contributed by atoms with Gasteiger partial charge < -0.3 is 19.7 Å². The second-order valence-corrected chi connectivity index (χ2v) is 5.27. The molecule has 1 aromatic carbocycles. The fraction of sp³-hybridized carbons (Fsp3) is 0.353. The van der Waals surface area contributed by atoms with Gasteiger partial charge in [-0.05, 0) is 31.2 Å². The minimum Gasteiger partial charge on any atom is -0.494 e. The van der Waals surface area contributed by atoms with Crippen LogP contribution in [-0.2, 0) is 4.74 Å². The van der Waals surface area contributed by atoms with Crippen LogP contribution in [0.1, 0.15) is 17.4 Å². The maximum atomic E-state index is 12.2. The average Bonchev–Trinajstić information content (AvgIpc) is 2.64. The van der Waals surface area contributed by atoms with Gasteiger partial charge in [0.2, 0.25) is 0 Å². The van der Waals surface area contributed by atoms with Crippen molar-refractivity contribution in [3.05, 3.63) is 42.4 Å². The molecule has 1 saturated heterocycles. The van der Waals surface area contributed by atoms with Crippen molar-refractivity contribution in [2.24, 2.45) is 0 Å². The standard InChI is InChI=1S/C17H20N4O3/c1-2-24-14-5-3-13(4-6-14)20-17(22)15-11-19-16(12-18-15)21-7-9-23-10-8-21/h3-6,11-12H,2,7-10H2,1H3,(H,20,22). The number of carbonyl (C=O) groups excluding carboxylic acids is 1. The van der Waals surface area contributed by atoms with E-state index in [0.717, 1.165) is 24.7 Å². The summed E-state index contributed by atoms with van der Waals surface area (Å²) in [7, 11) is 0. The molecule has 1 aliphatic rings. The highest BCUT2D eigenvalue weighted by molar-refractivity contribution is 6.02. The van der Waals surface area contributed by atoms with E-state index in [-0.39, 0.29) is 11.6 Å². The zero-order chi connectivity index (χ0) is 16.8. The molecular formula is C17H20N4O3. The Kier molecular flexibility index (Phi) is 5.22. The number of hydrogen-bond acceptors (Lipinski definition) is 6. The van der Waals surface area contributed by atoms with Crippen LogP contribution in [0, 0.1) is 0 Å². The van der Waals surface area contributed by atoms with Gasteiger partial charge >= 0.3 is 0 Å². The van der Waals surface area contributed by atoms with E-state index in [9.17, 15) is 4.79 Å². The summed E-state index contributed by atoms with van der Waals surface area (Å²) < 4.78 is 10.7. The summed E-state index contributed by atoms with van der Waals surface area (Å²) in [5.41, 5.74) is 0.961. The minimum atomic E-state index is -0.291. The zero-order valence-corrected chi connectivity index (χ0v) is 13.6. The molecule has 1 aliphatic heterocycles. The normalized spacial score (nSPS) is 14.3. The van der Waals surface area contributed by atoms with Crippen molar-refractivity contribution in [3.8, 4) is 5.75 Å². The molecule has 7 heteroatoms. The lowest BCUT2D eigenvalue weighted by Gasteiger charge is -2.27. The highest BCUT2D eigenvalue weighted by Gasteiger charge is 2.14. The summed E-state index contributed by atoms with van der Waals surface area (Å²) in [5.74, 6) is 1.24. The predicted octanol–water partition coefficient (Wildman–Crippen LogP) is 1.96. The van der Waals surface area contributed by atoms with E-state index in [1.807, 2.05) is 19.1 Å². The Morgan fingerprint density at radius 2 is 1.96 bits per heavy atom. The maximum absolute atomic E-state index is 12.2. The number of hydrogen-bond donors (Lipinski definition) is 1. The molecule has 3 rings (SSSR count). The van der Waals surface area contributed by atoms with Crippen LogP contribution in [0.3, 0.4) is 0 Å². The first-order valence-electron chi connectivity index (χ1n) is 7.95. The number of anilines is 2. The quantitative estimate of drug-likeness (QED) is 0.904. The van der Waals surface area contributed by atoms with Gasteiger partial charge in [0.1, 0.15) is 17.3 Å². The molecule has 2 aromatic rings. The first kappa shape index (κ1) is 16.2. The van der Waals surface area contributed by atoms with Crippen molar-refractivity contribution in [1.29, 1.82) is 0 Å². The van der Waals surface area contributed by atoms with E-state index in [2.05, 4.69) is 20.2 Å². The second kappa shape index (κ2) is 7.74. The predicted molar refractivity (Wildman–Crippen MR) is 90.6 cm³/mol. The lowest BCUT2D eigenvalue weighted by atomic mass is 10.3. The van der Waals surface area contributed by atoms with Crippen LogP contribution in [0.25, 0.3) is 0 Å². The van der Waals surface area contributed by atoms with Gasteiger partial charge in [-0.15, -0.1) is 0 Å². The van der Waals surface area contributed by atoms with E-state index in [0.29, 0.717) is 25.5 Å².